The van der Waals surface area contributed by atoms with Crippen LogP contribution in [-0.2, 0) is 0 Å². The molecular weight excluding hydrogens is 290 g/mol. The number of ether oxygens (including phenoxy) is 1. The normalized spacial score (nSPS) is 12.2. The first-order chi connectivity index (χ1) is 9.71. The third-order valence-electron chi connectivity index (χ3n) is 3.25. The molecule has 106 valence electrons. The van der Waals surface area contributed by atoms with Crippen LogP contribution in [0, 0.1) is 0 Å². The van der Waals surface area contributed by atoms with Crippen molar-refractivity contribution in [2.75, 3.05) is 20.4 Å². The van der Waals surface area contributed by atoms with E-state index in [0.29, 0.717) is 10.8 Å². The number of rotatable bonds is 5. The van der Waals surface area contributed by atoms with Gasteiger partial charge in [0.15, 0.2) is 0 Å². The van der Waals surface area contributed by atoms with Gasteiger partial charge in [-0.25, -0.2) is 0 Å². The van der Waals surface area contributed by atoms with Gasteiger partial charge in [0.05, 0.1) is 18.2 Å². The Hall–Kier alpha value is -1.16. The van der Waals surface area contributed by atoms with E-state index < -0.39 is 0 Å². The maximum atomic E-state index is 6.23. The predicted octanol–water partition coefficient (Wildman–Crippen LogP) is 4.38. The van der Waals surface area contributed by atoms with E-state index >= 15 is 0 Å². The van der Waals surface area contributed by atoms with Crippen LogP contribution >= 0.6 is 23.4 Å². The summed E-state index contributed by atoms with van der Waals surface area (Å²) in [5, 5.41) is 3.99. The van der Waals surface area contributed by atoms with Crippen LogP contribution in [0.5, 0.6) is 5.75 Å². The summed E-state index contributed by atoms with van der Waals surface area (Å²) in [6.07, 6.45) is 2.09. The van der Waals surface area contributed by atoms with Crippen molar-refractivity contribution >= 4 is 23.4 Å². The van der Waals surface area contributed by atoms with Crippen LogP contribution in [0.2, 0.25) is 5.02 Å². The fraction of sp³-hybridized carbons (Fsp3) is 0.250. The van der Waals surface area contributed by atoms with Gasteiger partial charge in [0.25, 0.3) is 0 Å². The number of halogens is 1. The van der Waals surface area contributed by atoms with E-state index in [1.54, 1.807) is 18.9 Å². The number of methoxy groups -OCH3 is 1. The first kappa shape index (κ1) is 15.2. The topological polar surface area (TPSA) is 21.3 Å². The van der Waals surface area contributed by atoms with Crippen LogP contribution in [0.4, 0.5) is 0 Å². The molecule has 4 heteroatoms. The lowest BCUT2D eigenvalue weighted by molar-refractivity contribution is 0.414. The lowest BCUT2D eigenvalue weighted by Crippen LogP contribution is -2.18. The summed E-state index contributed by atoms with van der Waals surface area (Å²) < 4.78 is 5.21. The summed E-state index contributed by atoms with van der Waals surface area (Å²) in [7, 11) is 3.58. The van der Waals surface area contributed by atoms with Gasteiger partial charge in [-0.2, -0.15) is 0 Å². The summed E-state index contributed by atoms with van der Waals surface area (Å²) in [6, 6.07) is 14.4. The van der Waals surface area contributed by atoms with Gasteiger partial charge in [-0.1, -0.05) is 35.9 Å². The summed E-state index contributed by atoms with van der Waals surface area (Å²) >= 11 is 7.98. The third-order valence-corrected chi connectivity index (χ3v) is 4.35. The minimum atomic E-state index is 0.113. The van der Waals surface area contributed by atoms with E-state index in [9.17, 15) is 0 Å². The molecule has 0 aromatic heterocycles. The van der Waals surface area contributed by atoms with E-state index in [2.05, 4.69) is 35.8 Å². The highest BCUT2D eigenvalue weighted by atomic mass is 35.5. The molecule has 2 aromatic carbocycles. The summed E-state index contributed by atoms with van der Waals surface area (Å²) in [5.41, 5.74) is 2.38. The highest BCUT2D eigenvalue weighted by Crippen LogP contribution is 2.33. The Labute approximate surface area is 129 Å². The Bertz CT molecular complexity index is 588. The molecule has 0 saturated heterocycles. The first-order valence-electron chi connectivity index (χ1n) is 6.35. The van der Waals surface area contributed by atoms with Crippen molar-refractivity contribution in [2.45, 2.75) is 10.9 Å². The van der Waals surface area contributed by atoms with E-state index in [4.69, 9.17) is 16.3 Å². The monoisotopic (exact) mass is 307 g/mol. The minimum Gasteiger partial charge on any atom is -0.495 e. The molecule has 0 aliphatic heterocycles. The lowest BCUT2D eigenvalue weighted by Gasteiger charge is -2.20. The smallest absolute Gasteiger partial charge is 0.137 e. The standard InChI is InChI=1S/C16H18ClNOS/c1-18-16(12-6-4-5-7-15(12)20-3)11-8-9-14(19-2)13(17)10-11/h4-10,16,18H,1-3H3. The maximum Gasteiger partial charge on any atom is 0.137 e. The average molecular weight is 308 g/mol. The SMILES string of the molecule is CNC(c1ccc(OC)c(Cl)c1)c1ccccc1SC. The van der Waals surface area contributed by atoms with Crippen LogP contribution < -0.4 is 10.1 Å². The molecule has 1 N–H and O–H groups in total. The van der Waals surface area contributed by atoms with Crippen LogP contribution in [0.15, 0.2) is 47.4 Å². The zero-order chi connectivity index (χ0) is 14.5. The second kappa shape index (κ2) is 7.02. The second-order valence-corrected chi connectivity index (χ2v) is 5.61. The number of hydrogen-bond acceptors (Lipinski definition) is 3. The van der Waals surface area contributed by atoms with Crippen molar-refractivity contribution in [3.05, 3.63) is 58.6 Å². The van der Waals surface area contributed by atoms with Gasteiger partial charge in [-0.15, -0.1) is 11.8 Å². The van der Waals surface area contributed by atoms with Gasteiger partial charge in [-0.3, -0.25) is 0 Å². The molecule has 1 atom stereocenters. The molecule has 0 amide bonds. The van der Waals surface area contributed by atoms with Crippen molar-refractivity contribution in [3.63, 3.8) is 0 Å². The summed E-state index contributed by atoms with van der Waals surface area (Å²) in [6.45, 7) is 0. The van der Waals surface area contributed by atoms with E-state index in [1.165, 1.54) is 10.5 Å². The molecule has 0 aliphatic carbocycles. The van der Waals surface area contributed by atoms with E-state index in [-0.39, 0.29) is 6.04 Å². The summed E-state index contributed by atoms with van der Waals surface area (Å²) in [4.78, 5) is 1.26. The number of thioether (sulfide) groups is 1. The Morgan fingerprint density at radius 1 is 1.20 bits per heavy atom. The number of benzene rings is 2. The number of nitrogens with one attached hydrogen (secondary N) is 1. The van der Waals surface area contributed by atoms with Crippen molar-refractivity contribution in [2.24, 2.45) is 0 Å². The van der Waals surface area contributed by atoms with Gasteiger partial charge in [-0.05, 0) is 42.6 Å². The van der Waals surface area contributed by atoms with E-state index in [0.717, 1.165) is 5.56 Å². The minimum absolute atomic E-state index is 0.113. The zero-order valence-corrected chi connectivity index (χ0v) is 13.4. The molecule has 0 fully saturated rings. The van der Waals surface area contributed by atoms with Gasteiger partial charge in [0.1, 0.15) is 5.75 Å². The molecule has 2 rings (SSSR count). The first-order valence-corrected chi connectivity index (χ1v) is 7.95. The molecule has 2 aromatic rings. The summed E-state index contributed by atoms with van der Waals surface area (Å²) in [5.74, 6) is 0.698. The Morgan fingerprint density at radius 2 is 1.95 bits per heavy atom. The second-order valence-electron chi connectivity index (χ2n) is 4.36. The fourth-order valence-corrected chi connectivity index (χ4v) is 3.17. The predicted molar refractivity (Wildman–Crippen MR) is 87.1 cm³/mol. The molecule has 0 heterocycles. The van der Waals surface area contributed by atoms with Crippen molar-refractivity contribution < 1.29 is 4.74 Å². The van der Waals surface area contributed by atoms with E-state index in [1.807, 2.05) is 25.2 Å². The molecule has 1 unspecified atom stereocenters. The molecule has 0 bridgehead atoms. The Morgan fingerprint density at radius 3 is 2.55 bits per heavy atom. The molecule has 0 saturated carbocycles. The number of hydrogen-bond donors (Lipinski definition) is 1. The Kier molecular flexibility index (Phi) is 5.35. The fourth-order valence-electron chi connectivity index (χ4n) is 2.27. The van der Waals surface area contributed by atoms with Crippen LogP contribution in [0.25, 0.3) is 0 Å². The van der Waals surface area contributed by atoms with Crippen LogP contribution in [-0.4, -0.2) is 20.4 Å². The maximum absolute atomic E-state index is 6.23. The van der Waals surface area contributed by atoms with Gasteiger partial charge >= 0.3 is 0 Å². The molecule has 0 radical (unpaired) electrons. The van der Waals surface area contributed by atoms with Gasteiger partial charge in [0, 0.05) is 4.90 Å². The quantitative estimate of drug-likeness (QED) is 0.828. The average Bonchev–Trinajstić information content (AvgIpc) is 2.49. The van der Waals surface area contributed by atoms with Crippen molar-refractivity contribution in [1.82, 2.24) is 5.32 Å². The van der Waals surface area contributed by atoms with Gasteiger partial charge in [0.2, 0.25) is 0 Å². The van der Waals surface area contributed by atoms with Crippen molar-refractivity contribution in [3.8, 4) is 5.75 Å². The molecule has 2 nitrogen and oxygen atoms in total. The highest BCUT2D eigenvalue weighted by molar-refractivity contribution is 7.98. The third kappa shape index (κ3) is 3.11. The zero-order valence-electron chi connectivity index (χ0n) is 11.8. The highest BCUT2D eigenvalue weighted by Gasteiger charge is 2.16. The molecule has 20 heavy (non-hydrogen) atoms. The van der Waals surface area contributed by atoms with Crippen LogP contribution in [0.1, 0.15) is 17.2 Å². The van der Waals surface area contributed by atoms with Crippen molar-refractivity contribution in [1.29, 1.82) is 0 Å². The Balaban J connectivity index is 2.44. The molecule has 0 spiro atoms. The van der Waals surface area contributed by atoms with Crippen LogP contribution in [0.3, 0.4) is 0 Å². The lowest BCUT2D eigenvalue weighted by atomic mass is 9.98. The molecular formula is C16H18ClNOS. The largest absolute Gasteiger partial charge is 0.495 e. The molecule has 0 aliphatic rings. The van der Waals surface area contributed by atoms with Gasteiger partial charge < -0.3 is 10.1 Å².